The van der Waals surface area contributed by atoms with Crippen LogP contribution in [0.4, 0.5) is 0 Å². The molecule has 0 aromatic carbocycles. The number of allylic oxidation sites excluding steroid dienone is 5. The van der Waals surface area contributed by atoms with Crippen molar-refractivity contribution in [3.8, 4) is 0 Å². The molecule has 4 rings (SSSR count). The van der Waals surface area contributed by atoms with Gasteiger partial charge in [0.1, 0.15) is 0 Å². The second-order valence-corrected chi connectivity index (χ2v) is 11.1. The molecule has 0 spiro atoms. The summed E-state index contributed by atoms with van der Waals surface area (Å²) in [6.07, 6.45) is 12.9. The van der Waals surface area contributed by atoms with Crippen LogP contribution in [-0.2, 0) is 0 Å². The molecule has 0 heterocycles. The highest BCUT2D eigenvalue weighted by Crippen LogP contribution is 2.66. The van der Waals surface area contributed by atoms with Gasteiger partial charge in [-0.1, -0.05) is 63.9 Å². The SMILES string of the molecule is C[C@H](/C=C/Cl)[C@H]1CC=C2C3=C(CC[C@@]21C)[C@@]1(C)CC[C@H](O)C(C)(C)[C@@H]1CC3. The lowest BCUT2D eigenvalue weighted by Gasteiger charge is -2.59. The third-order valence-corrected chi connectivity index (χ3v) is 9.59. The minimum Gasteiger partial charge on any atom is -0.393 e. The summed E-state index contributed by atoms with van der Waals surface area (Å²) < 4.78 is 0. The zero-order valence-electron chi connectivity index (χ0n) is 17.8. The van der Waals surface area contributed by atoms with Crippen LogP contribution in [0.1, 0.15) is 79.6 Å². The fourth-order valence-electron chi connectivity index (χ4n) is 7.76. The molecule has 0 bridgehead atoms. The van der Waals surface area contributed by atoms with Crippen LogP contribution < -0.4 is 0 Å². The monoisotopic (exact) mass is 388 g/mol. The molecule has 2 heteroatoms. The average Bonchev–Trinajstić information content (AvgIpc) is 2.96. The van der Waals surface area contributed by atoms with Crippen molar-refractivity contribution in [1.82, 2.24) is 0 Å². The molecular weight excluding hydrogens is 352 g/mol. The third-order valence-electron chi connectivity index (χ3n) is 9.44. The Balaban J connectivity index is 1.72. The zero-order chi connectivity index (χ0) is 19.6. The minimum atomic E-state index is -0.148. The first-order valence-electron chi connectivity index (χ1n) is 11.0. The van der Waals surface area contributed by atoms with Crippen LogP contribution in [-0.4, -0.2) is 11.2 Å². The van der Waals surface area contributed by atoms with Crippen LogP contribution in [0.15, 0.2) is 34.4 Å². The predicted molar refractivity (Wildman–Crippen MR) is 115 cm³/mol. The van der Waals surface area contributed by atoms with Crippen molar-refractivity contribution in [2.24, 2.45) is 34.0 Å². The summed E-state index contributed by atoms with van der Waals surface area (Å²) in [6, 6.07) is 0. The van der Waals surface area contributed by atoms with Crippen molar-refractivity contribution in [3.05, 3.63) is 34.4 Å². The van der Waals surface area contributed by atoms with Crippen LogP contribution in [0.25, 0.3) is 0 Å². The first kappa shape index (κ1) is 19.8. The van der Waals surface area contributed by atoms with E-state index in [1.54, 1.807) is 22.3 Å². The van der Waals surface area contributed by atoms with E-state index >= 15 is 0 Å². The standard InChI is InChI=1S/C25H37ClO/c1-16(12-15-26)18-7-8-19-17-6-9-21-23(2,3)22(27)11-14-25(21,5)20(17)10-13-24(18,19)4/h8,12,15-16,18,21-22,27H,6-7,9-11,13-14H2,1-5H3/b15-12+/t16-,18-,21+,22+,24-,25-/m1/s1. The maximum Gasteiger partial charge on any atom is 0.0594 e. The van der Waals surface area contributed by atoms with E-state index in [1.165, 1.54) is 32.1 Å². The Hall–Kier alpha value is -0.530. The summed E-state index contributed by atoms with van der Waals surface area (Å²) in [6.45, 7) is 12.0. The number of aliphatic hydroxyl groups is 1. The van der Waals surface area contributed by atoms with E-state index in [0.29, 0.717) is 23.2 Å². The van der Waals surface area contributed by atoms with Crippen LogP contribution in [0.5, 0.6) is 0 Å². The Morgan fingerprint density at radius 1 is 1.11 bits per heavy atom. The van der Waals surface area contributed by atoms with E-state index in [1.807, 2.05) is 0 Å². The fraction of sp³-hybridized carbons (Fsp3) is 0.760. The molecule has 1 fully saturated rings. The van der Waals surface area contributed by atoms with Gasteiger partial charge in [-0.25, -0.2) is 0 Å². The molecule has 0 aromatic rings. The quantitative estimate of drug-likeness (QED) is 0.539. The lowest BCUT2D eigenvalue weighted by atomic mass is 9.46. The first-order chi connectivity index (χ1) is 12.7. The number of hydrogen-bond acceptors (Lipinski definition) is 1. The molecule has 0 aromatic heterocycles. The molecular formula is C25H37ClO. The topological polar surface area (TPSA) is 20.2 Å². The smallest absolute Gasteiger partial charge is 0.0594 e. The van der Waals surface area contributed by atoms with Gasteiger partial charge in [0.15, 0.2) is 0 Å². The molecule has 1 saturated carbocycles. The molecule has 0 aliphatic heterocycles. The number of aliphatic hydroxyl groups excluding tert-OH is 1. The second-order valence-electron chi connectivity index (χ2n) is 10.9. The van der Waals surface area contributed by atoms with Gasteiger partial charge in [0.25, 0.3) is 0 Å². The summed E-state index contributed by atoms with van der Waals surface area (Å²) in [5.74, 6) is 1.80. The summed E-state index contributed by atoms with van der Waals surface area (Å²) in [4.78, 5) is 0. The molecule has 0 radical (unpaired) electrons. The molecule has 0 amide bonds. The molecule has 4 aliphatic carbocycles. The molecule has 0 unspecified atom stereocenters. The number of hydrogen-bond donors (Lipinski definition) is 1. The van der Waals surface area contributed by atoms with Crippen LogP contribution >= 0.6 is 11.6 Å². The first-order valence-corrected chi connectivity index (χ1v) is 11.5. The van der Waals surface area contributed by atoms with Gasteiger partial charge >= 0.3 is 0 Å². The summed E-state index contributed by atoms with van der Waals surface area (Å²) >= 11 is 5.91. The van der Waals surface area contributed by atoms with Crippen molar-refractivity contribution < 1.29 is 5.11 Å². The Labute approximate surface area is 171 Å². The van der Waals surface area contributed by atoms with Gasteiger partial charge in [-0.3, -0.25) is 0 Å². The second kappa shape index (κ2) is 6.49. The Morgan fingerprint density at radius 3 is 2.56 bits per heavy atom. The number of rotatable bonds is 2. The van der Waals surface area contributed by atoms with E-state index in [0.717, 1.165) is 12.8 Å². The molecule has 4 aliphatic rings. The minimum absolute atomic E-state index is 0.0263. The predicted octanol–water partition coefficient (Wildman–Crippen LogP) is 7.02. The van der Waals surface area contributed by atoms with E-state index in [-0.39, 0.29) is 16.9 Å². The molecule has 27 heavy (non-hydrogen) atoms. The number of halogens is 1. The van der Waals surface area contributed by atoms with Crippen molar-refractivity contribution in [1.29, 1.82) is 0 Å². The molecule has 1 N–H and O–H groups in total. The maximum atomic E-state index is 10.7. The van der Waals surface area contributed by atoms with Crippen molar-refractivity contribution in [3.63, 3.8) is 0 Å². The molecule has 0 saturated heterocycles. The van der Waals surface area contributed by atoms with Crippen LogP contribution in [0.2, 0.25) is 0 Å². The van der Waals surface area contributed by atoms with Crippen molar-refractivity contribution in [2.75, 3.05) is 0 Å². The van der Waals surface area contributed by atoms with Crippen molar-refractivity contribution in [2.45, 2.75) is 85.7 Å². The third kappa shape index (κ3) is 2.67. The zero-order valence-corrected chi connectivity index (χ0v) is 18.6. The highest BCUT2D eigenvalue weighted by atomic mass is 35.5. The van der Waals surface area contributed by atoms with Crippen LogP contribution in [0, 0.1) is 34.0 Å². The van der Waals surface area contributed by atoms with Crippen LogP contribution in [0.3, 0.4) is 0 Å². The molecule has 150 valence electrons. The lowest BCUT2D eigenvalue weighted by molar-refractivity contribution is -0.0904. The van der Waals surface area contributed by atoms with Gasteiger partial charge in [-0.05, 0) is 90.1 Å². The van der Waals surface area contributed by atoms with Gasteiger partial charge < -0.3 is 5.11 Å². The van der Waals surface area contributed by atoms with Crippen molar-refractivity contribution >= 4 is 11.6 Å². The largest absolute Gasteiger partial charge is 0.393 e. The number of fused-ring (bicyclic) bond motifs is 4. The summed E-state index contributed by atoms with van der Waals surface area (Å²) in [5.41, 5.74) is 7.45. The maximum absolute atomic E-state index is 10.7. The van der Waals surface area contributed by atoms with E-state index in [9.17, 15) is 5.11 Å². The highest BCUT2D eigenvalue weighted by molar-refractivity contribution is 6.25. The van der Waals surface area contributed by atoms with E-state index in [4.69, 9.17) is 11.6 Å². The fourth-order valence-corrected chi connectivity index (χ4v) is 7.99. The van der Waals surface area contributed by atoms with Gasteiger partial charge in [0, 0.05) is 5.54 Å². The highest BCUT2D eigenvalue weighted by Gasteiger charge is 2.57. The van der Waals surface area contributed by atoms with Gasteiger partial charge in [-0.15, -0.1) is 0 Å². The molecule has 1 nitrogen and oxygen atoms in total. The Kier molecular flexibility index (Phi) is 4.75. The average molecular weight is 389 g/mol. The van der Waals surface area contributed by atoms with E-state index < -0.39 is 0 Å². The molecule has 6 atom stereocenters. The normalized spacial score (nSPS) is 44.6. The summed E-state index contributed by atoms with van der Waals surface area (Å²) in [5, 5.41) is 10.7. The Morgan fingerprint density at radius 2 is 1.85 bits per heavy atom. The van der Waals surface area contributed by atoms with Gasteiger partial charge in [0.05, 0.1) is 6.10 Å². The lowest BCUT2D eigenvalue weighted by Crippen LogP contribution is -2.53. The Bertz CT molecular complexity index is 714. The van der Waals surface area contributed by atoms with Gasteiger partial charge in [-0.2, -0.15) is 0 Å². The van der Waals surface area contributed by atoms with Gasteiger partial charge in [0.2, 0.25) is 0 Å². The summed E-state index contributed by atoms with van der Waals surface area (Å²) in [7, 11) is 0. The van der Waals surface area contributed by atoms with E-state index in [2.05, 4.69) is 46.8 Å².